The zero-order valence-electron chi connectivity index (χ0n) is 11.2. The quantitative estimate of drug-likeness (QED) is 0.711. The van der Waals surface area contributed by atoms with Gasteiger partial charge in [-0.05, 0) is 42.8 Å². The Kier molecular flexibility index (Phi) is 3.31. The molecular formula is C15H12FN3OS. The molecule has 0 bridgehead atoms. The first kappa shape index (κ1) is 13.5. The highest BCUT2D eigenvalue weighted by Gasteiger charge is 2.13. The molecule has 3 rings (SSSR count). The summed E-state index contributed by atoms with van der Waals surface area (Å²) in [7, 11) is 0. The fraction of sp³-hybridized carbons (Fsp3) is 0.0667. The summed E-state index contributed by atoms with van der Waals surface area (Å²) in [6.07, 6.45) is 0. The minimum Gasteiger partial charge on any atom is -0.398 e. The zero-order valence-corrected chi connectivity index (χ0v) is 12.0. The average Bonchev–Trinajstić information content (AvgIpc) is 2.82. The van der Waals surface area contributed by atoms with Crippen LogP contribution in [0.25, 0.3) is 10.2 Å². The minimum absolute atomic E-state index is 0.102. The normalized spacial score (nSPS) is 10.8. The summed E-state index contributed by atoms with van der Waals surface area (Å²) in [5.74, 6) is -0.975. The average molecular weight is 301 g/mol. The molecule has 0 aliphatic carbocycles. The molecule has 0 spiro atoms. The van der Waals surface area contributed by atoms with Crippen LogP contribution in [-0.2, 0) is 0 Å². The lowest BCUT2D eigenvalue weighted by Gasteiger charge is -2.04. The molecule has 3 aromatic rings. The number of fused-ring (bicyclic) bond motifs is 1. The number of nitrogen functional groups attached to an aromatic ring is 1. The summed E-state index contributed by atoms with van der Waals surface area (Å²) in [5, 5.41) is 3.12. The summed E-state index contributed by atoms with van der Waals surface area (Å²) in [6.45, 7) is 1.99. The third kappa shape index (κ3) is 2.71. The second kappa shape index (κ2) is 5.14. The van der Waals surface area contributed by atoms with Gasteiger partial charge in [0, 0.05) is 5.69 Å². The van der Waals surface area contributed by atoms with E-state index in [4.69, 9.17) is 5.73 Å². The largest absolute Gasteiger partial charge is 0.398 e. The zero-order chi connectivity index (χ0) is 15.0. The number of carbonyl (C=O) groups excluding carboxylic acids is 1. The summed E-state index contributed by atoms with van der Waals surface area (Å²) < 4.78 is 14.2. The number of nitrogens with two attached hydrogens (primary N) is 1. The van der Waals surface area contributed by atoms with Gasteiger partial charge >= 0.3 is 0 Å². The third-order valence-corrected chi connectivity index (χ3v) is 3.96. The molecule has 21 heavy (non-hydrogen) atoms. The number of halogens is 1. The smallest absolute Gasteiger partial charge is 0.259 e. The van der Waals surface area contributed by atoms with Crippen LogP contribution in [0.4, 0.5) is 15.2 Å². The number of aryl methyl sites for hydroxylation is 1. The summed E-state index contributed by atoms with van der Waals surface area (Å²) in [6, 6.07) is 9.55. The second-order valence-corrected chi connectivity index (χ2v) is 5.71. The first-order valence-corrected chi connectivity index (χ1v) is 7.08. The standard InChI is InChI=1S/C15H12FN3OS/c1-8-2-5-12-13(6-8)21-15(18-12)19-14(20)10-7-9(16)3-4-11(10)17/h2-7H,17H2,1H3,(H,18,19,20). The highest BCUT2D eigenvalue weighted by molar-refractivity contribution is 7.22. The van der Waals surface area contributed by atoms with Crippen molar-refractivity contribution in [1.29, 1.82) is 0 Å². The molecule has 1 aromatic heterocycles. The number of hydrogen-bond acceptors (Lipinski definition) is 4. The van der Waals surface area contributed by atoms with Crippen LogP contribution in [0.1, 0.15) is 15.9 Å². The Bertz CT molecular complexity index is 844. The monoisotopic (exact) mass is 301 g/mol. The predicted octanol–water partition coefficient (Wildman–Crippen LogP) is 3.58. The van der Waals surface area contributed by atoms with Crippen LogP contribution in [-0.4, -0.2) is 10.9 Å². The van der Waals surface area contributed by atoms with Crippen LogP contribution in [0.3, 0.4) is 0 Å². The van der Waals surface area contributed by atoms with Crippen molar-refractivity contribution in [2.45, 2.75) is 6.92 Å². The Balaban J connectivity index is 1.90. The molecule has 0 atom stereocenters. The van der Waals surface area contributed by atoms with Crippen LogP contribution in [0.5, 0.6) is 0 Å². The van der Waals surface area contributed by atoms with E-state index in [0.717, 1.165) is 21.8 Å². The van der Waals surface area contributed by atoms with Crippen molar-refractivity contribution < 1.29 is 9.18 Å². The van der Waals surface area contributed by atoms with Crippen LogP contribution in [0.2, 0.25) is 0 Å². The van der Waals surface area contributed by atoms with Crippen LogP contribution in [0.15, 0.2) is 36.4 Å². The highest BCUT2D eigenvalue weighted by Crippen LogP contribution is 2.27. The van der Waals surface area contributed by atoms with Gasteiger partial charge in [0.1, 0.15) is 5.82 Å². The predicted molar refractivity (Wildman–Crippen MR) is 83.1 cm³/mol. The molecule has 3 N–H and O–H groups in total. The van der Waals surface area contributed by atoms with Crippen molar-refractivity contribution in [3.05, 3.63) is 53.3 Å². The van der Waals surface area contributed by atoms with E-state index in [-0.39, 0.29) is 11.3 Å². The van der Waals surface area contributed by atoms with E-state index in [0.29, 0.717) is 5.13 Å². The Morgan fingerprint density at radius 2 is 2.10 bits per heavy atom. The number of carbonyl (C=O) groups is 1. The van der Waals surface area contributed by atoms with E-state index >= 15 is 0 Å². The lowest BCUT2D eigenvalue weighted by Crippen LogP contribution is -2.14. The molecule has 1 heterocycles. The topological polar surface area (TPSA) is 68.0 Å². The SMILES string of the molecule is Cc1ccc2nc(NC(=O)c3cc(F)ccc3N)sc2c1. The van der Waals surface area contributed by atoms with Crippen LogP contribution in [0, 0.1) is 12.7 Å². The second-order valence-electron chi connectivity index (χ2n) is 4.68. The summed E-state index contributed by atoms with van der Waals surface area (Å²) >= 11 is 1.37. The van der Waals surface area contributed by atoms with Gasteiger partial charge in [0.05, 0.1) is 15.8 Å². The Hall–Kier alpha value is -2.47. The van der Waals surface area contributed by atoms with Gasteiger partial charge in [0.15, 0.2) is 5.13 Å². The molecule has 0 unspecified atom stereocenters. The van der Waals surface area contributed by atoms with Crippen molar-refractivity contribution >= 4 is 38.3 Å². The highest BCUT2D eigenvalue weighted by atomic mass is 32.1. The molecule has 4 nitrogen and oxygen atoms in total. The maximum Gasteiger partial charge on any atom is 0.259 e. The number of thiazole rings is 1. The Labute approximate surface area is 124 Å². The van der Waals surface area contributed by atoms with Crippen molar-refractivity contribution in [1.82, 2.24) is 4.98 Å². The molecule has 106 valence electrons. The van der Waals surface area contributed by atoms with Gasteiger partial charge < -0.3 is 5.73 Å². The molecule has 0 aliphatic rings. The fourth-order valence-corrected chi connectivity index (χ4v) is 2.93. The lowest BCUT2D eigenvalue weighted by molar-refractivity contribution is 0.102. The first-order valence-electron chi connectivity index (χ1n) is 6.26. The van der Waals surface area contributed by atoms with Gasteiger partial charge in [-0.1, -0.05) is 17.4 Å². The Morgan fingerprint density at radius 3 is 2.90 bits per heavy atom. The summed E-state index contributed by atoms with van der Waals surface area (Å²) in [5.41, 5.74) is 7.96. The fourth-order valence-electron chi connectivity index (χ4n) is 1.97. The molecule has 0 aliphatic heterocycles. The van der Waals surface area contributed by atoms with Crippen molar-refractivity contribution in [2.75, 3.05) is 11.1 Å². The van der Waals surface area contributed by atoms with Gasteiger partial charge in [-0.3, -0.25) is 10.1 Å². The maximum atomic E-state index is 13.2. The minimum atomic E-state index is -0.505. The molecule has 0 radical (unpaired) electrons. The van der Waals surface area contributed by atoms with E-state index in [2.05, 4.69) is 10.3 Å². The van der Waals surface area contributed by atoms with Crippen molar-refractivity contribution in [3.8, 4) is 0 Å². The third-order valence-electron chi connectivity index (χ3n) is 3.02. The molecule has 0 saturated heterocycles. The number of rotatable bonds is 2. The van der Waals surface area contributed by atoms with E-state index in [1.807, 2.05) is 25.1 Å². The van der Waals surface area contributed by atoms with E-state index in [9.17, 15) is 9.18 Å². The van der Waals surface area contributed by atoms with Gasteiger partial charge in [0.2, 0.25) is 0 Å². The molecule has 2 aromatic carbocycles. The van der Waals surface area contributed by atoms with E-state index < -0.39 is 11.7 Å². The van der Waals surface area contributed by atoms with E-state index in [1.54, 1.807) is 0 Å². The lowest BCUT2D eigenvalue weighted by atomic mass is 10.1. The van der Waals surface area contributed by atoms with Crippen LogP contribution < -0.4 is 11.1 Å². The Morgan fingerprint density at radius 1 is 1.29 bits per heavy atom. The van der Waals surface area contributed by atoms with Crippen LogP contribution >= 0.6 is 11.3 Å². The maximum absolute atomic E-state index is 13.2. The molecule has 0 saturated carbocycles. The number of nitrogens with zero attached hydrogens (tertiary/aromatic N) is 1. The number of nitrogens with one attached hydrogen (secondary N) is 1. The number of aromatic nitrogens is 1. The molecule has 1 amide bonds. The molecule has 6 heteroatoms. The number of amides is 1. The number of hydrogen-bond donors (Lipinski definition) is 2. The van der Waals surface area contributed by atoms with Gasteiger partial charge in [-0.25, -0.2) is 9.37 Å². The number of anilines is 2. The van der Waals surface area contributed by atoms with Crippen molar-refractivity contribution in [3.63, 3.8) is 0 Å². The van der Waals surface area contributed by atoms with Gasteiger partial charge in [0.25, 0.3) is 5.91 Å². The molecule has 0 fully saturated rings. The first-order chi connectivity index (χ1) is 10.0. The van der Waals surface area contributed by atoms with Gasteiger partial charge in [-0.15, -0.1) is 0 Å². The number of benzene rings is 2. The van der Waals surface area contributed by atoms with E-state index in [1.165, 1.54) is 23.5 Å². The van der Waals surface area contributed by atoms with Gasteiger partial charge in [-0.2, -0.15) is 0 Å². The molecular weight excluding hydrogens is 289 g/mol. The summed E-state index contributed by atoms with van der Waals surface area (Å²) in [4.78, 5) is 16.5. The van der Waals surface area contributed by atoms with Crippen molar-refractivity contribution in [2.24, 2.45) is 0 Å².